The molecular formula is C13H19NO3. The van der Waals surface area contributed by atoms with Crippen LogP contribution in [0.1, 0.15) is 33.6 Å². The van der Waals surface area contributed by atoms with E-state index in [1.54, 1.807) is 0 Å². The summed E-state index contributed by atoms with van der Waals surface area (Å²) in [6, 6.07) is 0.183. The average Bonchev–Trinajstić information content (AvgIpc) is 2.42. The normalized spacial score (nSPS) is 28.5. The molecule has 0 amide bonds. The first-order valence-corrected chi connectivity index (χ1v) is 6.03. The Kier molecular flexibility index (Phi) is 3.08. The SMILES string of the molecule is CC(C)(C)OC(=O)CN1C2C=CC1CC(=O)C2. The second-order valence-corrected chi connectivity index (χ2v) is 5.73. The second kappa shape index (κ2) is 4.26. The molecule has 0 radical (unpaired) electrons. The molecule has 0 N–H and O–H groups in total. The molecule has 0 aliphatic carbocycles. The van der Waals surface area contributed by atoms with Gasteiger partial charge in [-0.2, -0.15) is 0 Å². The number of ether oxygens (including phenoxy) is 1. The third-order valence-corrected chi connectivity index (χ3v) is 3.01. The van der Waals surface area contributed by atoms with Gasteiger partial charge in [0.25, 0.3) is 0 Å². The molecular weight excluding hydrogens is 218 g/mol. The molecule has 2 rings (SSSR count). The molecule has 0 saturated carbocycles. The number of rotatable bonds is 2. The van der Waals surface area contributed by atoms with Gasteiger partial charge in [0.05, 0.1) is 6.54 Å². The first-order chi connectivity index (χ1) is 7.85. The molecule has 0 aromatic carbocycles. The smallest absolute Gasteiger partial charge is 0.320 e. The van der Waals surface area contributed by atoms with Crippen LogP contribution in [0.15, 0.2) is 12.2 Å². The van der Waals surface area contributed by atoms with Crippen LogP contribution in [0.25, 0.3) is 0 Å². The van der Waals surface area contributed by atoms with Crippen molar-refractivity contribution < 1.29 is 14.3 Å². The molecule has 94 valence electrons. The van der Waals surface area contributed by atoms with Crippen LogP contribution in [0.3, 0.4) is 0 Å². The summed E-state index contributed by atoms with van der Waals surface area (Å²) < 4.78 is 5.30. The van der Waals surface area contributed by atoms with Crippen molar-refractivity contribution in [1.29, 1.82) is 0 Å². The third-order valence-electron chi connectivity index (χ3n) is 3.01. The quantitative estimate of drug-likeness (QED) is 0.536. The van der Waals surface area contributed by atoms with Gasteiger partial charge < -0.3 is 4.74 Å². The minimum Gasteiger partial charge on any atom is -0.459 e. The Bertz CT molecular complexity index is 349. The molecule has 2 aliphatic heterocycles. The van der Waals surface area contributed by atoms with Gasteiger partial charge in [-0.05, 0) is 20.8 Å². The highest BCUT2D eigenvalue weighted by Gasteiger charge is 2.37. The highest BCUT2D eigenvalue weighted by Crippen LogP contribution is 2.28. The van der Waals surface area contributed by atoms with E-state index in [1.807, 2.05) is 32.9 Å². The number of hydrogen-bond acceptors (Lipinski definition) is 4. The van der Waals surface area contributed by atoms with E-state index in [1.165, 1.54) is 0 Å². The molecule has 2 bridgehead atoms. The number of carbonyl (C=O) groups is 2. The highest BCUT2D eigenvalue weighted by atomic mass is 16.6. The molecule has 2 heterocycles. The minimum absolute atomic E-state index is 0.0915. The summed E-state index contributed by atoms with van der Waals surface area (Å²) in [5.41, 5.74) is -0.449. The number of Topliss-reactive ketones (excluding diaryl/α,β-unsaturated/α-hetero) is 1. The predicted molar refractivity (Wildman–Crippen MR) is 63.5 cm³/mol. The lowest BCUT2D eigenvalue weighted by molar-refractivity contribution is -0.157. The van der Waals surface area contributed by atoms with E-state index in [4.69, 9.17) is 4.74 Å². The number of piperidine rings is 1. The Labute approximate surface area is 102 Å². The summed E-state index contributed by atoms with van der Waals surface area (Å²) in [6.07, 6.45) is 5.10. The average molecular weight is 237 g/mol. The van der Waals surface area contributed by atoms with Crippen molar-refractivity contribution in [1.82, 2.24) is 4.90 Å². The van der Waals surface area contributed by atoms with Crippen LogP contribution in [-0.4, -0.2) is 40.9 Å². The van der Waals surface area contributed by atoms with E-state index in [0.717, 1.165) is 0 Å². The molecule has 4 nitrogen and oxygen atoms in total. The van der Waals surface area contributed by atoms with E-state index in [2.05, 4.69) is 4.90 Å². The summed E-state index contributed by atoms with van der Waals surface area (Å²) in [5, 5.41) is 0. The molecule has 0 aromatic heterocycles. The van der Waals surface area contributed by atoms with E-state index in [-0.39, 0.29) is 30.4 Å². The zero-order chi connectivity index (χ0) is 12.6. The monoisotopic (exact) mass is 237 g/mol. The molecule has 2 atom stereocenters. The summed E-state index contributed by atoms with van der Waals surface area (Å²) in [4.78, 5) is 25.2. The Morgan fingerprint density at radius 3 is 2.35 bits per heavy atom. The first kappa shape index (κ1) is 12.3. The van der Waals surface area contributed by atoms with E-state index < -0.39 is 5.60 Å². The van der Waals surface area contributed by atoms with Gasteiger partial charge in [-0.25, -0.2) is 0 Å². The van der Waals surface area contributed by atoms with Crippen LogP contribution in [-0.2, 0) is 14.3 Å². The van der Waals surface area contributed by atoms with Crippen molar-refractivity contribution in [3.8, 4) is 0 Å². The van der Waals surface area contributed by atoms with Gasteiger partial charge in [0.15, 0.2) is 0 Å². The maximum absolute atomic E-state index is 11.8. The zero-order valence-electron chi connectivity index (χ0n) is 10.6. The van der Waals surface area contributed by atoms with Gasteiger partial charge in [-0.3, -0.25) is 14.5 Å². The predicted octanol–water partition coefficient (Wildman–Crippen LogP) is 1.30. The summed E-state index contributed by atoms with van der Waals surface area (Å²) in [6.45, 7) is 5.85. The van der Waals surface area contributed by atoms with Gasteiger partial charge >= 0.3 is 5.97 Å². The number of esters is 1. The fourth-order valence-electron chi connectivity index (χ4n) is 2.40. The highest BCUT2D eigenvalue weighted by molar-refractivity contribution is 5.82. The van der Waals surface area contributed by atoms with Gasteiger partial charge in [0.1, 0.15) is 11.4 Å². The fourth-order valence-corrected chi connectivity index (χ4v) is 2.40. The number of carbonyl (C=O) groups excluding carboxylic acids is 2. The van der Waals surface area contributed by atoms with Crippen LogP contribution >= 0.6 is 0 Å². The third kappa shape index (κ3) is 2.94. The van der Waals surface area contributed by atoms with E-state index in [0.29, 0.717) is 12.8 Å². The molecule has 2 unspecified atom stereocenters. The molecule has 2 aliphatic rings. The summed E-state index contributed by atoms with van der Waals surface area (Å²) in [7, 11) is 0. The fraction of sp³-hybridized carbons (Fsp3) is 0.692. The van der Waals surface area contributed by atoms with Gasteiger partial charge in [-0.1, -0.05) is 12.2 Å². The largest absolute Gasteiger partial charge is 0.459 e. The molecule has 17 heavy (non-hydrogen) atoms. The maximum Gasteiger partial charge on any atom is 0.320 e. The summed E-state index contributed by atoms with van der Waals surface area (Å²) in [5.74, 6) is 0.0657. The van der Waals surface area contributed by atoms with Crippen LogP contribution in [0.5, 0.6) is 0 Å². The van der Waals surface area contributed by atoms with Crippen molar-refractivity contribution in [3.63, 3.8) is 0 Å². The molecule has 4 heteroatoms. The number of fused-ring (bicyclic) bond motifs is 2. The van der Waals surface area contributed by atoms with Crippen molar-refractivity contribution in [3.05, 3.63) is 12.2 Å². The Hall–Kier alpha value is -1.16. The van der Waals surface area contributed by atoms with Crippen molar-refractivity contribution in [2.75, 3.05) is 6.54 Å². The van der Waals surface area contributed by atoms with Crippen LogP contribution in [0.4, 0.5) is 0 Å². The van der Waals surface area contributed by atoms with Gasteiger partial charge in [-0.15, -0.1) is 0 Å². The molecule has 1 saturated heterocycles. The first-order valence-electron chi connectivity index (χ1n) is 6.03. The van der Waals surface area contributed by atoms with Gasteiger partial charge in [0.2, 0.25) is 0 Å². The van der Waals surface area contributed by atoms with Crippen molar-refractivity contribution >= 4 is 11.8 Å². The molecule has 1 fully saturated rings. The molecule has 0 spiro atoms. The lowest BCUT2D eigenvalue weighted by Gasteiger charge is -2.33. The van der Waals surface area contributed by atoms with Crippen molar-refractivity contribution in [2.24, 2.45) is 0 Å². The Morgan fingerprint density at radius 2 is 1.88 bits per heavy atom. The van der Waals surface area contributed by atoms with Gasteiger partial charge in [0, 0.05) is 24.9 Å². The second-order valence-electron chi connectivity index (χ2n) is 5.73. The topological polar surface area (TPSA) is 46.6 Å². The number of hydrogen-bond donors (Lipinski definition) is 0. The lowest BCUT2D eigenvalue weighted by atomic mass is 10.0. The number of nitrogens with zero attached hydrogens (tertiary/aromatic N) is 1. The van der Waals surface area contributed by atoms with Crippen LogP contribution in [0, 0.1) is 0 Å². The Morgan fingerprint density at radius 1 is 1.35 bits per heavy atom. The molecule has 0 aromatic rings. The van der Waals surface area contributed by atoms with E-state index >= 15 is 0 Å². The standard InChI is InChI=1S/C13H19NO3/c1-13(2,3)17-12(16)8-14-9-4-5-10(14)7-11(15)6-9/h4-5,9-10H,6-8H2,1-3H3. The lowest BCUT2D eigenvalue weighted by Crippen LogP contribution is -2.47. The Balaban J connectivity index is 1.93. The zero-order valence-corrected chi connectivity index (χ0v) is 10.6. The van der Waals surface area contributed by atoms with Crippen LogP contribution in [0.2, 0.25) is 0 Å². The van der Waals surface area contributed by atoms with Crippen molar-refractivity contribution in [2.45, 2.75) is 51.3 Å². The maximum atomic E-state index is 11.8. The minimum atomic E-state index is -0.449. The van der Waals surface area contributed by atoms with Crippen LogP contribution < -0.4 is 0 Å². The summed E-state index contributed by atoms with van der Waals surface area (Å²) >= 11 is 0. The number of ketones is 1. The van der Waals surface area contributed by atoms with E-state index in [9.17, 15) is 9.59 Å².